The van der Waals surface area contributed by atoms with Crippen LogP contribution in [0.25, 0.3) is 0 Å². The summed E-state index contributed by atoms with van der Waals surface area (Å²) in [6.45, 7) is 6.56. The molecule has 0 aliphatic heterocycles. The summed E-state index contributed by atoms with van der Waals surface area (Å²) in [5.41, 5.74) is 1.42. The van der Waals surface area contributed by atoms with Gasteiger partial charge in [0, 0.05) is 4.47 Å². The van der Waals surface area contributed by atoms with Crippen LogP contribution in [0.4, 0.5) is 0 Å². The third-order valence-corrected chi connectivity index (χ3v) is 2.67. The van der Waals surface area contributed by atoms with Crippen LogP contribution in [0.5, 0.6) is 5.75 Å². The second-order valence-electron chi connectivity index (χ2n) is 4.10. The SMILES string of the molecule is COc1ccc(Br)c(C(C)(C)C)c1. The van der Waals surface area contributed by atoms with Gasteiger partial charge in [-0.1, -0.05) is 36.7 Å². The molecule has 0 saturated carbocycles. The molecule has 1 aromatic carbocycles. The van der Waals surface area contributed by atoms with E-state index in [9.17, 15) is 0 Å². The molecule has 0 spiro atoms. The van der Waals surface area contributed by atoms with Gasteiger partial charge in [0.1, 0.15) is 5.75 Å². The van der Waals surface area contributed by atoms with Gasteiger partial charge in [-0.25, -0.2) is 0 Å². The summed E-state index contributed by atoms with van der Waals surface area (Å²) in [7, 11) is 1.69. The van der Waals surface area contributed by atoms with Gasteiger partial charge in [-0.3, -0.25) is 0 Å². The summed E-state index contributed by atoms with van der Waals surface area (Å²) >= 11 is 3.54. The normalized spacial score (nSPS) is 11.5. The smallest absolute Gasteiger partial charge is 0.119 e. The highest BCUT2D eigenvalue weighted by Crippen LogP contribution is 2.32. The summed E-state index contributed by atoms with van der Waals surface area (Å²) in [6, 6.07) is 6.06. The van der Waals surface area contributed by atoms with Crippen LogP contribution in [0.3, 0.4) is 0 Å². The molecule has 1 rings (SSSR count). The maximum atomic E-state index is 5.18. The Bertz CT molecular complexity index is 299. The molecule has 1 aromatic rings. The molecular weight excluding hydrogens is 228 g/mol. The summed E-state index contributed by atoms with van der Waals surface area (Å²) in [5.74, 6) is 0.910. The number of ether oxygens (including phenoxy) is 1. The Hall–Kier alpha value is -0.500. The first-order valence-corrected chi connectivity index (χ1v) is 5.08. The minimum absolute atomic E-state index is 0.146. The first-order valence-electron chi connectivity index (χ1n) is 4.29. The lowest BCUT2D eigenvalue weighted by Crippen LogP contribution is -2.11. The van der Waals surface area contributed by atoms with Gasteiger partial charge in [-0.15, -0.1) is 0 Å². The Labute approximate surface area is 88.2 Å². The minimum atomic E-state index is 0.146. The highest BCUT2D eigenvalue weighted by Gasteiger charge is 2.17. The van der Waals surface area contributed by atoms with E-state index >= 15 is 0 Å². The number of hydrogen-bond donors (Lipinski definition) is 0. The zero-order valence-corrected chi connectivity index (χ0v) is 10.1. The van der Waals surface area contributed by atoms with Crippen LogP contribution < -0.4 is 4.74 Å². The van der Waals surface area contributed by atoms with Crippen molar-refractivity contribution < 1.29 is 4.74 Å². The highest BCUT2D eigenvalue weighted by atomic mass is 79.9. The first kappa shape index (κ1) is 10.6. The van der Waals surface area contributed by atoms with E-state index in [1.807, 2.05) is 12.1 Å². The lowest BCUT2D eigenvalue weighted by atomic mass is 9.87. The summed E-state index contributed by atoms with van der Waals surface area (Å²) in [4.78, 5) is 0. The minimum Gasteiger partial charge on any atom is -0.497 e. The van der Waals surface area contributed by atoms with Crippen LogP contribution in [0.15, 0.2) is 22.7 Å². The van der Waals surface area contributed by atoms with Crippen molar-refractivity contribution in [3.63, 3.8) is 0 Å². The molecule has 13 heavy (non-hydrogen) atoms. The van der Waals surface area contributed by atoms with Gasteiger partial charge in [-0.05, 0) is 29.2 Å². The molecule has 1 nitrogen and oxygen atoms in total. The molecule has 0 atom stereocenters. The number of methoxy groups -OCH3 is 1. The van der Waals surface area contributed by atoms with Crippen LogP contribution in [0.2, 0.25) is 0 Å². The molecular formula is C11H15BrO. The standard InChI is InChI=1S/C11H15BrO/c1-11(2,3)9-7-8(13-4)5-6-10(9)12/h5-7H,1-4H3. The summed E-state index contributed by atoms with van der Waals surface area (Å²) < 4.78 is 6.32. The van der Waals surface area contributed by atoms with Crippen molar-refractivity contribution in [3.05, 3.63) is 28.2 Å². The monoisotopic (exact) mass is 242 g/mol. The molecule has 0 unspecified atom stereocenters. The summed E-state index contributed by atoms with van der Waals surface area (Å²) in [6.07, 6.45) is 0. The molecule has 0 radical (unpaired) electrons. The largest absolute Gasteiger partial charge is 0.497 e. The molecule has 0 amide bonds. The van der Waals surface area contributed by atoms with E-state index in [1.54, 1.807) is 7.11 Å². The van der Waals surface area contributed by atoms with Gasteiger partial charge in [0.05, 0.1) is 7.11 Å². The third-order valence-electron chi connectivity index (χ3n) is 1.98. The Balaban J connectivity index is 3.19. The zero-order chi connectivity index (χ0) is 10.1. The predicted molar refractivity (Wildman–Crippen MR) is 59.4 cm³/mol. The Morgan fingerprint density at radius 2 is 1.85 bits per heavy atom. The molecule has 0 N–H and O–H groups in total. The molecule has 2 heteroatoms. The third kappa shape index (κ3) is 2.47. The molecule has 0 bridgehead atoms. The van der Waals surface area contributed by atoms with Gasteiger partial charge >= 0.3 is 0 Å². The number of rotatable bonds is 1. The van der Waals surface area contributed by atoms with Gasteiger partial charge in [-0.2, -0.15) is 0 Å². The van der Waals surface area contributed by atoms with E-state index in [4.69, 9.17) is 4.74 Å². The Morgan fingerprint density at radius 1 is 1.23 bits per heavy atom. The van der Waals surface area contributed by atoms with E-state index in [0.29, 0.717) is 0 Å². The van der Waals surface area contributed by atoms with Crippen molar-refractivity contribution in [2.45, 2.75) is 26.2 Å². The predicted octanol–water partition coefficient (Wildman–Crippen LogP) is 3.76. The molecule has 0 aliphatic carbocycles. The van der Waals surface area contributed by atoms with Crippen molar-refractivity contribution in [1.29, 1.82) is 0 Å². The van der Waals surface area contributed by atoms with Gasteiger partial charge < -0.3 is 4.74 Å². The fourth-order valence-electron chi connectivity index (χ4n) is 1.21. The molecule has 72 valence electrons. The second-order valence-corrected chi connectivity index (χ2v) is 4.95. The van der Waals surface area contributed by atoms with Gasteiger partial charge in [0.15, 0.2) is 0 Å². The van der Waals surface area contributed by atoms with Crippen LogP contribution in [-0.2, 0) is 5.41 Å². The lowest BCUT2D eigenvalue weighted by molar-refractivity contribution is 0.412. The Morgan fingerprint density at radius 3 is 2.31 bits per heavy atom. The molecule has 0 aromatic heterocycles. The molecule has 0 saturated heterocycles. The highest BCUT2D eigenvalue weighted by molar-refractivity contribution is 9.10. The number of benzene rings is 1. The second kappa shape index (κ2) is 3.70. The van der Waals surface area contributed by atoms with Crippen molar-refractivity contribution in [2.75, 3.05) is 7.11 Å². The fourth-order valence-corrected chi connectivity index (χ4v) is 2.05. The summed E-state index contributed by atoms with van der Waals surface area (Å²) in [5, 5.41) is 0. The van der Waals surface area contributed by atoms with Crippen LogP contribution in [0.1, 0.15) is 26.3 Å². The van der Waals surface area contributed by atoms with Crippen molar-refractivity contribution >= 4 is 15.9 Å². The maximum Gasteiger partial charge on any atom is 0.119 e. The van der Waals surface area contributed by atoms with Gasteiger partial charge in [0.2, 0.25) is 0 Å². The van der Waals surface area contributed by atoms with E-state index in [2.05, 4.69) is 42.8 Å². The molecule has 0 aliphatic rings. The van der Waals surface area contributed by atoms with Crippen LogP contribution in [0, 0.1) is 0 Å². The maximum absolute atomic E-state index is 5.18. The van der Waals surface area contributed by atoms with Crippen molar-refractivity contribution in [3.8, 4) is 5.75 Å². The van der Waals surface area contributed by atoms with Crippen molar-refractivity contribution in [2.24, 2.45) is 0 Å². The topological polar surface area (TPSA) is 9.23 Å². The van der Waals surface area contributed by atoms with Crippen LogP contribution in [-0.4, -0.2) is 7.11 Å². The quantitative estimate of drug-likeness (QED) is 0.729. The lowest BCUT2D eigenvalue weighted by Gasteiger charge is -2.21. The number of halogens is 1. The van der Waals surface area contributed by atoms with E-state index in [0.717, 1.165) is 10.2 Å². The van der Waals surface area contributed by atoms with Crippen LogP contribution >= 0.6 is 15.9 Å². The fraction of sp³-hybridized carbons (Fsp3) is 0.455. The van der Waals surface area contributed by atoms with Crippen molar-refractivity contribution in [1.82, 2.24) is 0 Å². The molecule has 0 fully saturated rings. The average molecular weight is 243 g/mol. The van der Waals surface area contributed by atoms with E-state index in [-0.39, 0.29) is 5.41 Å². The molecule has 0 heterocycles. The zero-order valence-electron chi connectivity index (χ0n) is 8.52. The number of hydrogen-bond acceptors (Lipinski definition) is 1. The van der Waals surface area contributed by atoms with E-state index < -0.39 is 0 Å². The van der Waals surface area contributed by atoms with Gasteiger partial charge in [0.25, 0.3) is 0 Å². The van der Waals surface area contributed by atoms with E-state index in [1.165, 1.54) is 5.56 Å². The average Bonchev–Trinajstić information content (AvgIpc) is 2.03. The first-order chi connectivity index (χ1) is 5.95. The Kier molecular flexibility index (Phi) is 3.01.